The van der Waals surface area contributed by atoms with Gasteiger partial charge in [0.2, 0.25) is 0 Å². The molecule has 0 saturated carbocycles. The van der Waals surface area contributed by atoms with Gasteiger partial charge in [0.25, 0.3) is 17.5 Å². The second kappa shape index (κ2) is 8.25. The smallest absolute Gasteiger partial charge is 0.315 e. The summed E-state index contributed by atoms with van der Waals surface area (Å²) in [5.41, 5.74) is -2.83. The standard InChI is InChI=1S/C19H22N2O8S/c1-11(22)29-9-18(17(26)27)8-21-15(25)19(28-2,16(21)30-10-18)20-14(24)13(23)12-6-4-3-5-7-12/h3-7,13,16,23H,8-10H2,1-2H3,(H,20,24)(H,26,27)/t13?,16-,18?,19?/m1/s1. The van der Waals surface area contributed by atoms with Crippen LogP contribution in [0, 0.1) is 5.41 Å². The van der Waals surface area contributed by atoms with Gasteiger partial charge in [0.15, 0.2) is 6.10 Å². The summed E-state index contributed by atoms with van der Waals surface area (Å²) in [6.07, 6.45) is -1.50. The molecule has 3 unspecified atom stereocenters. The molecule has 162 valence electrons. The first-order valence-electron chi connectivity index (χ1n) is 9.06. The van der Waals surface area contributed by atoms with E-state index in [4.69, 9.17) is 9.47 Å². The highest BCUT2D eigenvalue weighted by atomic mass is 32.2. The maximum Gasteiger partial charge on any atom is 0.315 e. The quantitative estimate of drug-likeness (QED) is 0.298. The Morgan fingerprint density at radius 2 is 2.00 bits per heavy atom. The minimum Gasteiger partial charge on any atom is -0.481 e. The maximum atomic E-state index is 12.9. The number of ether oxygens (including phenoxy) is 2. The number of thioether (sulfide) groups is 1. The molecule has 2 fully saturated rings. The first-order chi connectivity index (χ1) is 14.2. The molecule has 3 rings (SSSR count). The fraction of sp³-hybridized carbons (Fsp3) is 0.474. The summed E-state index contributed by atoms with van der Waals surface area (Å²) >= 11 is 1.10. The number of carbonyl (C=O) groups excluding carboxylic acids is 3. The predicted octanol–water partition coefficient (Wildman–Crippen LogP) is -0.272. The molecule has 11 heteroatoms. The molecule has 30 heavy (non-hydrogen) atoms. The molecule has 3 N–H and O–H groups in total. The number of β-lactam (4-membered cyclic amide) rings is 1. The van der Waals surface area contributed by atoms with Crippen molar-refractivity contribution in [1.29, 1.82) is 0 Å². The number of fused-ring (bicyclic) bond motifs is 1. The number of carboxylic acid groups (broad SMARTS) is 1. The van der Waals surface area contributed by atoms with Crippen molar-refractivity contribution in [3.8, 4) is 0 Å². The van der Waals surface area contributed by atoms with E-state index >= 15 is 0 Å². The lowest BCUT2D eigenvalue weighted by molar-refractivity contribution is -0.203. The highest BCUT2D eigenvalue weighted by Gasteiger charge is 2.68. The highest BCUT2D eigenvalue weighted by Crippen LogP contribution is 2.47. The van der Waals surface area contributed by atoms with Crippen molar-refractivity contribution in [2.45, 2.75) is 24.1 Å². The number of nitrogens with one attached hydrogen (secondary N) is 1. The SMILES string of the molecule is COC1(NC(=O)C(O)c2ccccc2)C(=O)N2CC(COC(C)=O)(C(=O)O)CS[C@@H]21. The average Bonchev–Trinajstić information content (AvgIpc) is 2.75. The van der Waals surface area contributed by atoms with Crippen LogP contribution >= 0.6 is 11.8 Å². The minimum atomic E-state index is -1.72. The lowest BCUT2D eigenvalue weighted by Gasteiger charge is -2.58. The fourth-order valence-corrected chi connectivity index (χ4v) is 5.08. The number of esters is 1. The third-order valence-electron chi connectivity index (χ3n) is 5.20. The Bertz CT molecular complexity index is 865. The van der Waals surface area contributed by atoms with Gasteiger partial charge in [-0.3, -0.25) is 19.2 Å². The number of methoxy groups -OCH3 is 1. The van der Waals surface area contributed by atoms with Crippen LogP contribution in [0.25, 0.3) is 0 Å². The molecule has 0 aliphatic carbocycles. The Kier molecular flexibility index (Phi) is 6.06. The van der Waals surface area contributed by atoms with Gasteiger partial charge in [0.1, 0.15) is 17.4 Å². The van der Waals surface area contributed by atoms with Crippen molar-refractivity contribution in [2.75, 3.05) is 26.0 Å². The van der Waals surface area contributed by atoms with Crippen molar-refractivity contribution in [3.05, 3.63) is 35.9 Å². The number of carbonyl (C=O) groups is 4. The number of aliphatic hydroxyl groups is 1. The van der Waals surface area contributed by atoms with Gasteiger partial charge in [0.05, 0.1) is 0 Å². The van der Waals surface area contributed by atoms with E-state index in [1.54, 1.807) is 30.3 Å². The number of hydrogen-bond donors (Lipinski definition) is 3. The van der Waals surface area contributed by atoms with Crippen LogP contribution < -0.4 is 5.32 Å². The third-order valence-corrected chi connectivity index (χ3v) is 6.82. The summed E-state index contributed by atoms with van der Waals surface area (Å²) in [4.78, 5) is 49.7. The number of hydrogen-bond acceptors (Lipinski definition) is 8. The van der Waals surface area contributed by atoms with Crippen LogP contribution in [0.4, 0.5) is 0 Å². The molecule has 1 aromatic carbocycles. The summed E-state index contributed by atoms with van der Waals surface area (Å²) in [6.45, 7) is 0.598. The molecule has 0 spiro atoms. The zero-order valence-corrected chi connectivity index (χ0v) is 17.2. The van der Waals surface area contributed by atoms with Crippen LogP contribution in [-0.2, 0) is 28.7 Å². The Morgan fingerprint density at radius 1 is 1.33 bits per heavy atom. The molecule has 10 nitrogen and oxygen atoms in total. The lowest BCUT2D eigenvalue weighted by atomic mass is 9.87. The van der Waals surface area contributed by atoms with Crippen molar-refractivity contribution in [1.82, 2.24) is 10.2 Å². The number of carboxylic acids is 1. The minimum absolute atomic E-state index is 0.0340. The lowest BCUT2D eigenvalue weighted by Crippen LogP contribution is -2.83. The Labute approximate surface area is 176 Å². The number of aliphatic hydroxyl groups excluding tert-OH is 1. The van der Waals surface area contributed by atoms with E-state index in [0.29, 0.717) is 5.56 Å². The number of amides is 2. The van der Waals surface area contributed by atoms with Crippen LogP contribution in [0.15, 0.2) is 30.3 Å². The van der Waals surface area contributed by atoms with E-state index < -0.39 is 46.4 Å². The molecular weight excluding hydrogens is 416 g/mol. The second-order valence-electron chi connectivity index (χ2n) is 7.20. The van der Waals surface area contributed by atoms with E-state index in [1.165, 1.54) is 18.9 Å². The van der Waals surface area contributed by atoms with Crippen LogP contribution in [0.5, 0.6) is 0 Å². The molecule has 0 aromatic heterocycles. The topological polar surface area (TPSA) is 142 Å². The van der Waals surface area contributed by atoms with E-state index in [9.17, 15) is 29.4 Å². The predicted molar refractivity (Wildman–Crippen MR) is 104 cm³/mol. The monoisotopic (exact) mass is 438 g/mol. The summed E-state index contributed by atoms with van der Waals surface area (Å²) in [5, 5.41) is 21.8. The molecular formula is C19H22N2O8S. The summed E-state index contributed by atoms with van der Waals surface area (Å²) in [6, 6.07) is 8.22. The molecule has 4 atom stereocenters. The average molecular weight is 438 g/mol. The summed E-state index contributed by atoms with van der Waals surface area (Å²) < 4.78 is 10.3. The molecule has 0 radical (unpaired) electrons. The van der Waals surface area contributed by atoms with Crippen molar-refractivity contribution >= 4 is 35.5 Å². The number of benzene rings is 1. The normalized spacial score (nSPS) is 28.7. The highest BCUT2D eigenvalue weighted by molar-refractivity contribution is 8.00. The van der Waals surface area contributed by atoms with Crippen LogP contribution in [-0.4, -0.2) is 76.0 Å². The fourth-order valence-electron chi connectivity index (χ4n) is 3.46. The zero-order valence-electron chi connectivity index (χ0n) is 16.4. The number of rotatable bonds is 7. The molecule has 0 bridgehead atoms. The molecule has 2 aliphatic heterocycles. The molecule has 1 aromatic rings. The van der Waals surface area contributed by atoms with Crippen molar-refractivity contribution in [2.24, 2.45) is 5.41 Å². The first kappa shape index (κ1) is 22.1. The first-order valence-corrected chi connectivity index (χ1v) is 10.1. The van der Waals surface area contributed by atoms with Gasteiger partial charge in [-0.1, -0.05) is 30.3 Å². The van der Waals surface area contributed by atoms with E-state index in [1.807, 2.05) is 0 Å². The molecule has 2 saturated heterocycles. The van der Waals surface area contributed by atoms with Crippen molar-refractivity contribution < 1.29 is 38.9 Å². The number of nitrogens with zero attached hydrogens (tertiary/aromatic N) is 1. The maximum absolute atomic E-state index is 12.9. The van der Waals surface area contributed by atoms with E-state index in [2.05, 4.69) is 5.32 Å². The van der Waals surface area contributed by atoms with Gasteiger partial charge in [0, 0.05) is 26.3 Å². The molecule has 2 heterocycles. The van der Waals surface area contributed by atoms with Crippen LogP contribution in [0.2, 0.25) is 0 Å². The van der Waals surface area contributed by atoms with Crippen LogP contribution in [0.1, 0.15) is 18.6 Å². The van der Waals surface area contributed by atoms with E-state index in [-0.39, 0.29) is 18.9 Å². The third kappa shape index (κ3) is 3.64. The Balaban J connectivity index is 1.75. The Morgan fingerprint density at radius 3 is 2.57 bits per heavy atom. The van der Waals surface area contributed by atoms with Gasteiger partial charge in [-0.15, -0.1) is 11.8 Å². The van der Waals surface area contributed by atoms with E-state index in [0.717, 1.165) is 11.8 Å². The Hall–Kier alpha value is -2.63. The molecule has 2 amide bonds. The van der Waals surface area contributed by atoms with Gasteiger partial charge in [-0.2, -0.15) is 0 Å². The largest absolute Gasteiger partial charge is 0.481 e. The van der Waals surface area contributed by atoms with Gasteiger partial charge in [-0.25, -0.2) is 0 Å². The second-order valence-corrected chi connectivity index (χ2v) is 8.27. The zero-order chi connectivity index (χ0) is 22.1. The number of aliphatic carboxylic acids is 1. The summed E-state index contributed by atoms with van der Waals surface area (Å²) in [7, 11) is 1.25. The van der Waals surface area contributed by atoms with Crippen LogP contribution in [0.3, 0.4) is 0 Å². The van der Waals surface area contributed by atoms with Gasteiger partial charge < -0.3 is 29.9 Å². The molecule has 2 aliphatic rings. The van der Waals surface area contributed by atoms with Gasteiger partial charge >= 0.3 is 11.9 Å². The summed E-state index contributed by atoms with van der Waals surface area (Å²) in [5.74, 6) is -3.23. The van der Waals surface area contributed by atoms with Crippen molar-refractivity contribution in [3.63, 3.8) is 0 Å². The van der Waals surface area contributed by atoms with Gasteiger partial charge in [-0.05, 0) is 5.56 Å².